The Bertz CT molecular complexity index is 927. The molecule has 0 bridgehead atoms. The van der Waals surface area contributed by atoms with E-state index in [-0.39, 0.29) is 19.2 Å². The maximum Gasteiger partial charge on any atom is 0.231 e. The molecule has 4 nitrogen and oxygen atoms in total. The normalized spacial score (nSPS) is 14.3. The first kappa shape index (κ1) is 15.1. The number of anilines is 2. The number of benzene rings is 2. The van der Waals surface area contributed by atoms with Gasteiger partial charge in [-0.2, -0.15) is 0 Å². The van der Waals surface area contributed by atoms with Crippen molar-refractivity contribution < 1.29 is 9.47 Å². The van der Waals surface area contributed by atoms with Crippen LogP contribution in [-0.2, 0) is 12.8 Å². The van der Waals surface area contributed by atoms with Gasteiger partial charge in [-0.15, -0.1) is 12.4 Å². The number of rotatable bonds is 2. The van der Waals surface area contributed by atoms with Crippen LogP contribution in [0.2, 0.25) is 0 Å². The maximum absolute atomic E-state index is 5.49. The summed E-state index contributed by atoms with van der Waals surface area (Å²) in [5, 5.41) is 4.57. The minimum absolute atomic E-state index is 0. The van der Waals surface area contributed by atoms with Crippen molar-refractivity contribution in [3.05, 3.63) is 53.7 Å². The van der Waals surface area contributed by atoms with Crippen LogP contribution in [0.1, 0.15) is 17.5 Å². The van der Waals surface area contributed by atoms with Crippen LogP contribution < -0.4 is 14.8 Å². The molecule has 2 aromatic carbocycles. The molecule has 2 heterocycles. The Morgan fingerprint density at radius 3 is 2.67 bits per heavy atom. The lowest BCUT2D eigenvalue weighted by Crippen LogP contribution is -1.94. The molecule has 0 unspecified atom stereocenters. The van der Waals surface area contributed by atoms with Crippen molar-refractivity contribution >= 4 is 34.7 Å². The van der Waals surface area contributed by atoms with Gasteiger partial charge < -0.3 is 14.8 Å². The highest BCUT2D eigenvalue weighted by Crippen LogP contribution is 2.38. The average molecular weight is 341 g/mol. The van der Waals surface area contributed by atoms with E-state index in [9.17, 15) is 0 Å². The lowest BCUT2D eigenvalue weighted by Gasteiger charge is -2.11. The van der Waals surface area contributed by atoms with Crippen LogP contribution in [-0.4, -0.2) is 11.8 Å². The largest absolute Gasteiger partial charge is 0.454 e. The van der Waals surface area contributed by atoms with E-state index >= 15 is 0 Å². The predicted octanol–water partition coefficient (Wildman–Crippen LogP) is 4.62. The molecule has 122 valence electrons. The van der Waals surface area contributed by atoms with Gasteiger partial charge in [0, 0.05) is 29.0 Å². The summed E-state index contributed by atoms with van der Waals surface area (Å²) in [4.78, 5) is 4.44. The lowest BCUT2D eigenvalue weighted by molar-refractivity contribution is 0.174. The molecule has 24 heavy (non-hydrogen) atoms. The number of fused-ring (bicyclic) bond motifs is 3. The monoisotopic (exact) mass is 340 g/mol. The smallest absolute Gasteiger partial charge is 0.231 e. The first-order valence-corrected chi connectivity index (χ1v) is 7.94. The Morgan fingerprint density at radius 2 is 1.75 bits per heavy atom. The molecule has 0 radical (unpaired) electrons. The molecule has 0 fully saturated rings. The number of hydrogen-bond donors (Lipinski definition) is 1. The second kappa shape index (κ2) is 5.87. The molecule has 5 heteroatoms. The van der Waals surface area contributed by atoms with Crippen LogP contribution in [0, 0.1) is 0 Å². The highest BCUT2D eigenvalue weighted by molar-refractivity contribution is 5.95. The van der Waals surface area contributed by atoms with Crippen molar-refractivity contribution in [1.82, 2.24) is 4.98 Å². The third kappa shape index (κ3) is 2.43. The number of pyridine rings is 1. The minimum atomic E-state index is 0. The highest BCUT2D eigenvalue weighted by atomic mass is 35.5. The number of nitrogens with zero attached hydrogens (tertiary/aromatic N) is 1. The Morgan fingerprint density at radius 1 is 0.917 bits per heavy atom. The van der Waals surface area contributed by atoms with Crippen molar-refractivity contribution in [1.29, 1.82) is 0 Å². The summed E-state index contributed by atoms with van der Waals surface area (Å²) in [6, 6.07) is 12.6. The van der Waals surface area contributed by atoms with Crippen LogP contribution >= 0.6 is 12.4 Å². The number of aromatic nitrogens is 1. The molecular weight excluding hydrogens is 324 g/mol. The van der Waals surface area contributed by atoms with Gasteiger partial charge in [0.05, 0.1) is 5.52 Å². The molecular formula is C19H17ClN2O2. The van der Waals surface area contributed by atoms with Crippen molar-refractivity contribution in [3.8, 4) is 11.5 Å². The fourth-order valence-corrected chi connectivity index (χ4v) is 3.45. The number of ether oxygens (including phenoxy) is 2. The number of nitrogens with one attached hydrogen (secondary N) is 1. The molecule has 0 amide bonds. The second-order valence-corrected chi connectivity index (χ2v) is 6.04. The summed E-state index contributed by atoms with van der Waals surface area (Å²) in [5.41, 5.74) is 6.01. The van der Waals surface area contributed by atoms with E-state index in [1.807, 2.05) is 24.4 Å². The first-order valence-electron chi connectivity index (χ1n) is 7.94. The van der Waals surface area contributed by atoms with Gasteiger partial charge in [-0.1, -0.05) is 6.07 Å². The molecule has 1 aromatic heterocycles. The van der Waals surface area contributed by atoms with Crippen LogP contribution in [0.25, 0.3) is 10.9 Å². The van der Waals surface area contributed by atoms with E-state index in [4.69, 9.17) is 9.47 Å². The Labute approximate surface area is 146 Å². The minimum Gasteiger partial charge on any atom is -0.454 e. The standard InChI is InChI=1S/C19H16N2O2.ClH/c1-2-12-4-5-14(8-13(12)3-1)21-16-6-7-20-17-10-19-18(9-15(16)17)22-11-23-19;/h4-10H,1-3,11H2,(H,20,21);1H. The zero-order chi connectivity index (χ0) is 15.2. The molecule has 3 aromatic rings. The first-order chi connectivity index (χ1) is 11.4. The van der Waals surface area contributed by atoms with Crippen molar-refractivity contribution in [2.45, 2.75) is 19.3 Å². The number of aryl methyl sites for hydroxylation is 2. The summed E-state index contributed by atoms with van der Waals surface area (Å²) >= 11 is 0. The van der Waals surface area contributed by atoms with E-state index in [1.165, 1.54) is 30.4 Å². The Hall–Kier alpha value is -2.46. The molecule has 2 aliphatic rings. The van der Waals surface area contributed by atoms with Gasteiger partial charge in [0.1, 0.15) is 0 Å². The van der Waals surface area contributed by atoms with Gasteiger partial charge in [0.25, 0.3) is 0 Å². The third-order valence-electron chi connectivity index (χ3n) is 4.61. The van der Waals surface area contributed by atoms with Crippen molar-refractivity contribution in [2.24, 2.45) is 0 Å². The quantitative estimate of drug-likeness (QED) is 0.739. The SMILES string of the molecule is Cl.c1cc(Nc2ccc3c(c2)CCC3)c2cc3c(cc2n1)OCO3. The van der Waals surface area contributed by atoms with Gasteiger partial charge in [-0.05, 0) is 54.7 Å². The van der Waals surface area contributed by atoms with Gasteiger partial charge >= 0.3 is 0 Å². The van der Waals surface area contributed by atoms with E-state index in [0.29, 0.717) is 0 Å². The highest BCUT2D eigenvalue weighted by Gasteiger charge is 2.16. The van der Waals surface area contributed by atoms with Crippen LogP contribution in [0.5, 0.6) is 11.5 Å². The van der Waals surface area contributed by atoms with Gasteiger partial charge in [-0.25, -0.2) is 0 Å². The summed E-state index contributed by atoms with van der Waals surface area (Å²) in [6.45, 7) is 0.277. The van der Waals surface area contributed by atoms with Crippen LogP contribution in [0.15, 0.2) is 42.6 Å². The zero-order valence-corrected chi connectivity index (χ0v) is 13.9. The van der Waals surface area contributed by atoms with Crippen LogP contribution in [0.3, 0.4) is 0 Å². The molecule has 5 rings (SSSR count). The summed E-state index contributed by atoms with van der Waals surface area (Å²) < 4.78 is 10.9. The molecule has 0 saturated heterocycles. The molecule has 0 atom stereocenters. The third-order valence-corrected chi connectivity index (χ3v) is 4.61. The lowest BCUT2D eigenvalue weighted by atomic mass is 10.1. The second-order valence-electron chi connectivity index (χ2n) is 6.04. The zero-order valence-electron chi connectivity index (χ0n) is 13.0. The fourth-order valence-electron chi connectivity index (χ4n) is 3.45. The predicted molar refractivity (Wildman–Crippen MR) is 96.9 cm³/mol. The summed E-state index contributed by atoms with van der Waals surface area (Å²) in [7, 11) is 0. The van der Waals surface area contributed by atoms with Gasteiger partial charge in [0.15, 0.2) is 11.5 Å². The number of hydrogen-bond acceptors (Lipinski definition) is 4. The average Bonchev–Trinajstić information content (AvgIpc) is 3.21. The van der Waals surface area contributed by atoms with Gasteiger partial charge in [-0.3, -0.25) is 4.98 Å². The molecule has 1 aliphatic carbocycles. The molecule has 0 saturated carbocycles. The number of halogens is 1. The summed E-state index contributed by atoms with van der Waals surface area (Å²) in [5.74, 6) is 1.54. The Kier molecular flexibility index (Phi) is 3.69. The maximum atomic E-state index is 5.49. The van der Waals surface area contributed by atoms with Crippen LogP contribution in [0.4, 0.5) is 11.4 Å². The fraction of sp³-hybridized carbons (Fsp3) is 0.211. The van der Waals surface area contributed by atoms with Gasteiger partial charge in [0.2, 0.25) is 6.79 Å². The van der Waals surface area contributed by atoms with E-state index < -0.39 is 0 Å². The van der Waals surface area contributed by atoms with Crippen molar-refractivity contribution in [3.63, 3.8) is 0 Å². The van der Waals surface area contributed by atoms with E-state index in [1.54, 1.807) is 0 Å². The van der Waals surface area contributed by atoms with E-state index in [0.717, 1.165) is 33.8 Å². The van der Waals surface area contributed by atoms with E-state index in [2.05, 4.69) is 28.5 Å². The molecule has 0 spiro atoms. The molecule has 1 aliphatic heterocycles. The summed E-state index contributed by atoms with van der Waals surface area (Å²) in [6.07, 6.45) is 5.47. The topological polar surface area (TPSA) is 43.4 Å². The van der Waals surface area contributed by atoms with Crippen molar-refractivity contribution in [2.75, 3.05) is 12.1 Å². The Balaban J connectivity index is 0.00000146. The molecule has 1 N–H and O–H groups in total.